The highest BCUT2D eigenvalue weighted by atomic mass is 35.5. The second kappa shape index (κ2) is 4.26. The molecule has 0 spiro atoms. The molecule has 0 amide bonds. The maximum absolute atomic E-state index is 10.1. The van der Waals surface area contributed by atoms with Crippen molar-refractivity contribution in [3.63, 3.8) is 0 Å². The predicted octanol–water partition coefficient (Wildman–Crippen LogP) is 4.03. The molecule has 1 fully saturated rings. The molecule has 1 aliphatic carbocycles. The molecule has 2 nitrogen and oxygen atoms in total. The van der Waals surface area contributed by atoms with Gasteiger partial charge in [-0.3, -0.25) is 0 Å². The molecular formula is C10H10ClNOS. The minimum absolute atomic E-state index is 0.586. The third-order valence-electron chi connectivity index (χ3n) is 2.58. The van der Waals surface area contributed by atoms with E-state index in [4.69, 9.17) is 11.6 Å². The van der Waals surface area contributed by atoms with Gasteiger partial charge in [-0.25, -0.2) is 4.79 Å². The lowest BCUT2D eigenvalue weighted by Crippen LogP contribution is -1.87. The van der Waals surface area contributed by atoms with Crippen LogP contribution in [0.3, 0.4) is 0 Å². The monoisotopic (exact) mass is 227 g/mol. The fourth-order valence-corrected chi connectivity index (χ4v) is 3.42. The Balaban J connectivity index is 2.28. The zero-order valence-electron chi connectivity index (χ0n) is 7.62. The quantitative estimate of drug-likeness (QED) is 0.554. The Labute approximate surface area is 91.6 Å². The summed E-state index contributed by atoms with van der Waals surface area (Å²) >= 11 is 7.60. The molecular weight excluding hydrogens is 218 g/mol. The zero-order chi connectivity index (χ0) is 9.97. The van der Waals surface area contributed by atoms with Crippen molar-refractivity contribution in [3.8, 4) is 0 Å². The van der Waals surface area contributed by atoms with Crippen LogP contribution in [0, 0.1) is 0 Å². The Hall–Kier alpha value is -0.630. The summed E-state index contributed by atoms with van der Waals surface area (Å²) in [6.45, 7) is 0. The number of carbonyl (C=O) groups excluding carboxylic acids is 1. The van der Waals surface area contributed by atoms with Crippen LogP contribution < -0.4 is 0 Å². The van der Waals surface area contributed by atoms with Crippen molar-refractivity contribution >= 4 is 34.0 Å². The molecule has 0 N–H and O–H groups in total. The van der Waals surface area contributed by atoms with Crippen LogP contribution in [-0.2, 0) is 4.79 Å². The van der Waals surface area contributed by atoms with E-state index in [0.717, 1.165) is 5.02 Å². The van der Waals surface area contributed by atoms with Gasteiger partial charge < -0.3 is 0 Å². The van der Waals surface area contributed by atoms with Crippen LogP contribution in [-0.4, -0.2) is 6.08 Å². The van der Waals surface area contributed by atoms with Crippen LogP contribution in [0.4, 0.5) is 5.00 Å². The molecule has 0 saturated heterocycles. The molecule has 0 bridgehead atoms. The number of isocyanates is 1. The van der Waals surface area contributed by atoms with Crippen molar-refractivity contribution in [1.82, 2.24) is 0 Å². The van der Waals surface area contributed by atoms with E-state index in [1.165, 1.54) is 41.9 Å². The van der Waals surface area contributed by atoms with Crippen LogP contribution in [0.15, 0.2) is 11.1 Å². The molecule has 1 heterocycles. The topological polar surface area (TPSA) is 29.4 Å². The van der Waals surface area contributed by atoms with E-state index in [0.29, 0.717) is 10.9 Å². The van der Waals surface area contributed by atoms with Gasteiger partial charge in [-0.05, 0) is 24.8 Å². The highest BCUT2D eigenvalue weighted by Crippen LogP contribution is 2.44. The number of halogens is 1. The van der Waals surface area contributed by atoms with E-state index in [1.54, 1.807) is 12.1 Å². The Morgan fingerprint density at radius 2 is 2.21 bits per heavy atom. The molecule has 1 aromatic heterocycles. The summed E-state index contributed by atoms with van der Waals surface area (Å²) in [6, 6.07) is 1.75. The number of rotatable bonds is 2. The number of hydrogen-bond donors (Lipinski definition) is 0. The Kier molecular flexibility index (Phi) is 3.02. The molecule has 1 saturated carbocycles. The van der Waals surface area contributed by atoms with Crippen LogP contribution >= 0.6 is 22.9 Å². The average molecular weight is 228 g/mol. The van der Waals surface area contributed by atoms with Crippen molar-refractivity contribution in [2.45, 2.75) is 31.6 Å². The molecule has 0 atom stereocenters. The van der Waals surface area contributed by atoms with Crippen LogP contribution in [0.25, 0.3) is 0 Å². The highest BCUT2D eigenvalue weighted by molar-refractivity contribution is 7.16. The molecule has 74 valence electrons. The second-order valence-corrected chi connectivity index (χ2v) is 4.95. The molecule has 2 rings (SSSR count). The first-order valence-corrected chi connectivity index (χ1v) is 5.88. The minimum Gasteiger partial charge on any atom is -0.211 e. The van der Waals surface area contributed by atoms with E-state index >= 15 is 0 Å². The molecule has 1 aliphatic rings. The number of nitrogens with zero attached hydrogens (tertiary/aromatic N) is 1. The first-order valence-electron chi connectivity index (χ1n) is 4.68. The maximum atomic E-state index is 10.1. The van der Waals surface area contributed by atoms with Crippen molar-refractivity contribution in [3.05, 3.63) is 16.0 Å². The lowest BCUT2D eigenvalue weighted by Gasteiger charge is -2.05. The van der Waals surface area contributed by atoms with Gasteiger partial charge in [0.1, 0.15) is 5.00 Å². The highest BCUT2D eigenvalue weighted by Gasteiger charge is 2.21. The van der Waals surface area contributed by atoms with Crippen LogP contribution in [0.1, 0.15) is 36.5 Å². The van der Waals surface area contributed by atoms with Crippen molar-refractivity contribution in [2.24, 2.45) is 4.99 Å². The molecule has 0 aromatic carbocycles. The average Bonchev–Trinajstić information content (AvgIpc) is 2.74. The zero-order valence-corrected chi connectivity index (χ0v) is 9.20. The van der Waals surface area contributed by atoms with Gasteiger partial charge in [-0.2, -0.15) is 4.99 Å². The fourth-order valence-electron chi connectivity index (χ4n) is 1.94. The SMILES string of the molecule is O=C=Nc1cc(Cl)c(C2CCCC2)s1. The largest absolute Gasteiger partial charge is 0.241 e. The van der Waals surface area contributed by atoms with E-state index in [-0.39, 0.29) is 0 Å². The summed E-state index contributed by atoms with van der Waals surface area (Å²) in [5.74, 6) is 0.586. The molecule has 4 heteroatoms. The van der Waals surface area contributed by atoms with Gasteiger partial charge in [0.25, 0.3) is 0 Å². The predicted molar refractivity (Wildman–Crippen MR) is 58.3 cm³/mol. The lowest BCUT2D eigenvalue weighted by molar-refractivity contribution is 0.565. The second-order valence-electron chi connectivity index (χ2n) is 3.48. The number of hydrogen-bond acceptors (Lipinski definition) is 3. The van der Waals surface area contributed by atoms with E-state index < -0.39 is 0 Å². The summed E-state index contributed by atoms with van der Waals surface area (Å²) in [5.41, 5.74) is 0. The van der Waals surface area contributed by atoms with Crippen LogP contribution in [0.2, 0.25) is 5.02 Å². The normalized spacial score (nSPS) is 16.9. The molecule has 1 aromatic rings. The Bertz CT molecular complexity index is 375. The lowest BCUT2D eigenvalue weighted by atomic mass is 10.1. The number of aliphatic imine (C=N–C) groups is 1. The Morgan fingerprint density at radius 1 is 1.50 bits per heavy atom. The summed E-state index contributed by atoms with van der Waals surface area (Å²) in [7, 11) is 0. The third-order valence-corrected chi connectivity index (χ3v) is 4.20. The maximum Gasteiger partial charge on any atom is 0.241 e. The first kappa shape index (κ1) is 9.91. The minimum atomic E-state index is 0.586. The van der Waals surface area contributed by atoms with Crippen LogP contribution in [0.5, 0.6) is 0 Å². The summed E-state index contributed by atoms with van der Waals surface area (Å²) < 4.78 is 0. The molecule has 0 aliphatic heterocycles. The summed E-state index contributed by atoms with van der Waals surface area (Å²) in [6.07, 6.45) is 6.53. The van der Waals surface area contributed by atoms with Gasteiger partial charge in [0.05, 0.1) is 5.02 Å². The first-order chi connectivity index (χ1) is 6.81. The van der Waals surface area contributed by atoms with Gasteiger partial charge >= 0.3 is 0 Å². The third kappa shape index (κ3) is 1.90. The van der Waals surface area contributed by atoms with Crippen molar-refractivity contribution in [2.75, 3.05) is 0 Å². The summed E-state index contributed by atoms with van der Waals surface area (Å²) in [5, 5.41) is 1.43. The van der Waals surface area contributed by atoms with Gasteiger partial charge in [0.15, 0.2) is 0 Å². The van der Waals surface area contributed by atoms with E-state index in [1.807, 2.05) is 0 Å². The van der Waals surface area contributed by atoms with E-state index in [2.05, 4.69) is 4.99 Å². The standard InChI is InChI=1S/C10H10ClNOS/c11-8-5-9(12-6-13)14-10(8)7-3-1-2-4-7/h5,7H,1-4H2. The summed E-state index contributed by atoms with van der Waals surface area (Å²) in [4.78, 5) is 14.9. The molecule has 0 unspecified atom stereocenters. The van der Waals surface area contributed by atoms with Gasteiger partial charge in [0.2, 0.25) is 6.08 Å². The molecule has 14 heavy (non-hydrogen) atoms. The number of thiophene rings is 1. The van der Waals surface area contributed by atoms with Crippen molar-refractivity contribution < 1.29 is 4.79 Å². The smallest absolute Gasteiger partial charge is 0.211 e. The van der Waals surface area contributed by atoms with Gasteiger partial charge in [0, 0.05) is 4.88 Å². The van der Waals surface area contributed by atoms with E-state index in [9.17, 15) is 4.79 Å². The van der Waals surface area contributed by atoms with Crippen molar-refractivity contribution in [1.29, 1.82) is 0 Å². The Morgan fingerprint density at radius 3 is 2.86 bits per heavy atom. The van der Waals surface area contributed by atoms with Gasteiger partial charge in [-0.15, -0.1) is 11.3 Å². The fraction of sp³-hybridized carbons (Fsp3) is 0.500. The van der Waals surface area contributed by atoms with Gasteiger partial charge in [-0.1, -0.05) is 24.4 Å². The molecule has 0 radical (unpaired) electrons.